The Labute approximate surface area is 105 Å². The van der Waals surface area contributed by atoms with Gasteiger partial charge in [-0.3, -0.25) is 4.94 Å². The van der Waals surface area contributed by atoms with Gasteiger partial charge in [0.05, 0.1) is 5.56 Å². The summed E-state index contributed by atoms with van der Waals surface area (Å²) in [6, 6.07) is 5.85. The monoisotopic (exact) mass is 268 g/mol. The van der Waals surface area contributed by atoms with Crippen LogP contribution in [0.15, 0.2) is 30.6 Å². The van der Waals surface area contributed by atoms with Gasteiger partial charge in [0.1, 0.15) is 6.07 Å². The van der Waals surface area contributed by atoms with Gasteiger partial charge in [0.25, 0.3) is 0 Å². The smallest absolute Gasteiger partial charge is 0.387 e. The van der Waals surface area contributed by atoms with Crippen molar-refractivity contribution in [1.82, 2.24) is 4.98 Å². The number of aromatic amines is 1. The first-order chi connectivity index (χ1) is 9.17. The molecule has 0 aliphatic rings. The Morgan fingerprint density at radius 3 is 2.63 bits per heavy atom. The number of hydrogen-bond donors (Lipinski definition) is 1. The van der Waals surface area contributed by atoms with Crippen LogP contribution in [-0.2, 0) is 0 Å². The molecule has 1 aromatic heterocycles. The Morgan fingerprint density at radius 1 is 1.21 bits per heavy atom. The molecule has 0 bridgehead atoms. The molecule has 0 atom stereocenters. The molecular formula is C12H7F3N2O2. The molecule has 2 aromatic rings. The van der Waals surface area contributed by atoms with Crippen LogP contribution in [0.2, 0.25) is 0 Å². The standard InChI is InChI=1S/C12H7F3N2O2/c13-12(14)18-10-3-1-2-8(11(10)19-15)9-6-17-5-7(9)4-16/h1-3,5-6,12,17H. The molecule has 0 aliphatic carbocycles. The van der Waals surface area contributed by atoms with Crippen molar-refractivity contribution in [3.8, 4) is 28.7 Å². The summed E-state index contributed by atoms with van der Waals surface area (Å²) >= 11 is 0. The molecule has 0 spiro atoms. The Morgan fingerprint density at radius 2 is 2.00 bits per heavy atom. The molecule has 0 radical (unpaired) electrons. The van der Waals surface area contributed by atoms with Crippen molar-refractivity contribution >= 4 is 0 Å². The molecule has 0 unspecified atom stereocenters. The highest BCUT2D eigenvalue weighted by Gasteiger charge is 2.19. The van der Waals surface area contributed by atoms with E-state index >= 15 is 0 Å². The molecule has 1 heterocycles. The van der Waals surface area contributed by atoms with Crippen LogP contribution in [-0.4, -0.2) is 11.6 Å². The van der Waals surface area contributed by atoms with E-state index < -0.39 is 18.1 Å². The lowest BCUT2D eigenvalue weighted by molar-refractivity contribution is -0.0604. The normalized spacial score (nSPS) is 10.3. The fraction of sp³-hybridized carbons (Fsp3) is 0.0833. The van der Waals surface area contributed by atoms with Gasteiger partial charge in [-0.2, -0.15) is 14.0 Å². The van der Waals surface area contributed by atoms with Crippen molar-refractivity contribution in [2.75, 3.05) is 0 Å². The first kappa shape index (κ1) is 12.8. The third-order valence-corrected chi connectivity index (χ3v) is 2.43. The molecule has 0 fully saturated rings. The number of nitrogens with one attached hydrogen (secondary N) is 1. The van der Waals surface area contributed by atoms with Gasteiger partial charge in [0.2, 0.25) is 5.75 Å². The van der Waals surface area contributed by atoms with Crippen molar-refractivity contribution in [2.24, 2.45) is 0 Å². The molecule has 1 N–H and O–H groups in total. The minimum atomic E-state index is -3.11. The van der Waals surface area contributed by atoms with Gasteiger partial charge in [-0.1, -0.05) is 12.1 Å². The molecule has 7 heteroatoms. The van der Waals surface area contributed by atoms with Gasteiger partial charge in [0.15, 0.2) is 5.75 Å². The van der Waals surface area contributed by atoms with Crippen LogP contribution in [0.3, 0.4) is 0 Å². The fourth-order valence-corrected chi connectivity index (χ4v) is 1.68. The summed E-state index contributed by atoms with van der Waals surface area (Å²) in [6.07, 6.45) is 2.83. The minimum Gasteiger partial charge on any atom is -0.431 e. The van der Waals surface area contributed by atoms with E-state index in [9.17, 15) is 13.3 Å². The van der Waals surface area contributed by atoms with Crippen LogP contribution in [0, 0.1) is 11.3 Å². The maximum atomic E-state index is 12.6. The lowest BCUT2D eigenvalue weighted by atomic mass is 10.0. The van der Waals surface area contributed by atoms with Crippen molar-refractivity contribution in [3.63, 3.8) is 0 Å². The van der Waals surface area contributed by atoms with E-state index in [0.29, 0.717) is 5.56 Å². The zero-order chi connectivity index (χ0) is 13.8. The number of H-pyrrole nitrogens is 1. The van der Waals surface area contributed by atoms with Crippen LogP contribution < -0.4 is 9.68 Å². The second kappa shape index (κ2) is 5.35. The SMILES string of the molecule is N#Cc1c[nH]cc1-c1cccc(OC(F)F)c1OF. The van der Waals surface area contributed by atoms with Gasteiger partial charge in [-0.05, 0) is 6.07 Å². The van der Waals surface area contributed by atoms with E-state index in [2.05, 4.69) is 14.7 Å². The molecule has 4 nitrogen and oxygen atoms in total. The molecule has 0 saturated carbocycles. The van der Waals surface area contributed by atoms with Gasteiger partial charge in [0, 0.05) is 28.0 Å². The highest BCUT2D eigenvalue weighted by Crippen LogP contribution is 2.40. The summed E-state index contributed by atoms with van der Waals surface area (Å²) in [6.45, 7) is -3.11. The molecule has 0 amide bonds. The van der Waals surface area contributed by atoms with Crippen molar-refractivity contribution in [2.45, 2.75) is 6.61 Å². The lowest BCUT2D eigenvalue weighted by Gasteiger charge is -2.10. The predicted molar refractivity (Wildman–Crippen MR) is 59.3 cm³/mol. The minimum absolute atomic E-state index is 0.137. The van der Waals surface area contributed by atoms with Crippen molar-refractivity contribution in [1.29, 1.82) is 5.26 Å². The molecule has 98 valence electrons. The summed E-state index contributed by atoms with van der Waals surface area (Å²) in [7, 11) is 0. The van der Waals surface area contributed by atoms with Crippen LogP contribution in [0.4, 0.5) is 13.3 Å². The van der Waals surface area contributed by atoms with E-state index in [4.69, 9.17) is 5.26 Å². The van der Waals surface area contributed by atoms with E-state index in [-0.39, 0.29) is 11.1 Å². The second-order valence-corrected chi connectivity index (χ2v) is 3.48. The highest BCUT2D eigenvalue weighted by molar-refractivity contribution is 5.77. The van der Waals surface area contributed by atoms with Crippen LogP contribution in [0.25, 0.3) is 11.1 Å². The lowest BCUT2D eigenvalue weighted by Crippen LogP contribution is -2.03. The van der Waals surface area contributed by atoms with Crippen LogP contribution >= 0.6 is 0 Å². The number of halogens is 3. The Kier molecular flexibility index (Phi) is 3.61. The first-order valence-corrected chi connectivity index (χ1v) is 5.11. The van der Waals surface area contributed by atoms with E-state index in [1.54, 1.807) is 0 Å². The maximum absolute atomic E-state index is 12.6. The Balaban J connectivity index is 2.55. The number of aromatic nitrogens is 1. The Bertz CT molecular complexity index is 620. The number of nitriles is 1. The summed E-state index contributed by atoms with van der Waals surface area (Å²) < 4.78 is 41.2. The van der Waals surface area contributed by atoms with E-state index in [0.717, 1.165) is 6.07 Å². The summed E-state index contributed by atoms with van der Waals surface area (Å²) in [4.78, 5) is 6.29. The molecule has 0 aliphatic heterocycles. The molecule has 19 heavy (non-hydrogen) atoms. The molecule has 2 rings (SSSR count). The van der Waals surface area contributed by atoms with Gasteiger partial charge >= 0.3 is 6.61 Å². The topological polar surface area (TPSA) is 58.0 Å². The summed E-state index contributed by atoms with van der Waals surface area (Å²) in [5.41, 5.74) is 0.695. The van der Waals surface area contributed by atoms with E-state index in [1.807, 2.05) is 6.07 Å². The number of ether oxygens (including phenoxy) is 1. The number of benzene rings is 1. The number of alkyl halides is 2. The number of para-hydroxylation sites is 1. The number of rotatable bonds is 4. The highest BCUT2D eigenvalue weighted by atomic mass is 19.3. The van der Waals surface area contributed by atoms with Crippen molar-refractivity contribution in [3.05, 3.63) is 36.2 Å². The molecule has 1 aromatic carbocycles. The maximum Gasteiger partial charge on any atom is 0.387 e. The fourth-order valence-electron chi connectivity index (χ4n) is 1.68. The zero-order valence-electron chi connectivity index (χ0n) is 9.36. The number of hydrogen-bond acceptors (Lipinski definition) is 3. The van der Waals surface area contributed by atoms with Crippen molar-refractivity contribution < 1.29 is 23.0 Å². The third-order valence-electron chi connectivity index (χ3n) is 2.43. The van der Waals surface area contributed by atoms with Crippen LogP contribution in [0.1, 0.15) is 5.56 Å². The molecular weight excluding hydrogens is 261 g/mol. The first-order valence-electron chi connectivity index (χ1n) is 5.11. The average Bonchev–Trinajstić information content (AvgIpc) is 2.85. The zero-order valence-corrected chi connectivity index (χ0v) is 9.36. The quantitative estimate of drug-likeness (QED) is 0.924. The number of nitrogens with zero attached hydrogens (tertiary/aromatic N) is 1. The van der Waals surface area contributed by atoms with E-state index in [1.165, 1.54) is 24.5 Å². The van der Waals surface area contributed by atoms with Gasteiger partial charge < -0.3 is 9.72 Å². The third kappa shape index (κ3) is 2.47. The van der Waals surface area contributed by atoms with Crippen LogP contribution in [0.5, 0.6) is 11.5 Å². The second-order valence-electron chi connectivity index (χ2n) is 3.48. The molecule has 0 saturated heterocycles. The Hall–Kier alpha value is -2.62. The summed E-state index contributed by atoms with van der Waals surface area (Å²) in [5.74, 6) is -0.945. The van der Waals surface area contributed by atoms with Gasteiger partial charge in [-0.25, -0.2) is 0 Å². The predicted octanol–water partition coefficient (Wildman–Crippen LogP) is 3.42. The largest absolute Gasteiger partial charge is 0.431 e. The average molecular weight is 268 g/mol. The van der Waals surface area contributed by atoms with Gasteiger partial charge in [-0.15, -0.1) is 0 Å². The summed E-state index contributed by atoms with van der Waals surface area (Å²) in [5, 5.41) is 8.89.